The number of rotatable bonds is 2. The smallest absolute Gasteiger partial charge is 0.185 e. The van der Waals surface area contributed by atoms with E-state index < -0.39 is 0 Å². The highest BCUT2D eigenvalue weighted by atomic mass is 35.5. The quantitative estimate of drug-likeness (QED) is 0.537. The van der Waals surface area contributed by atoms with Gasteiger partial charge in [0.05, 0.1) is 13.6 Å². The molecule has 0 bridgehead atoms. The normalized spacial score (nSPS) is 24.6. The molecule has 0 radical (unpaired) electrons. The molecule has 76 valence electrons. The van der Waals surface area contributed by atoms with Crippen LogP contribution in [0, 0.1) is 0 Å². The van der Waals surface area contributed by atoms with Crippen LogP contribution < -0.4 is 12.4 Å². The predicted molar refractivity (Wildman–Crippen MR) is 54.6 cm³/mol. The zero-order chi connectivity index (χ0) is 9.15. The maximum Gasteiger partial charge on any atom is 0.185 e. The number of benzene rings is 1. The van der Waals surface area contributed by atoms with Gasteiger partial charge in [0.15, 0.2) is 6.34 Å². The summed E-state index contributed by atoms with van der Waals surface area (Å²) in [5.74, 6) is 0. The molecule has 3 heteroatoms. The third-order valence-corrected chi connectivity index (χ3v) is 2.49. The lowest BCUT2D eigenvalue weighted by molar-refractivity contribution is -0.821. The number of nitrogens with zero attached hydrogens (tertiary/aromatic N) is 2. The monoisotopic (exact) mass is 210 g/mol. The summed E-state index contributed by atoms with van der Waals surface area (Å²) in [6.45, 7) is 3.17. The van der Waals surface area contributed by atoms with Gasteiger partial charge in [-0.3, -0.25) is 4.48 Å². The Balaban J connectivity index is 0.000000980. The summed E-state index contributed by atoms with van der Waals surface area (Å²) in [5.41, 5.74) is 1.39. The van der Waals surface area contributed by atoms with Crippen LogP contribution in [0.1, 0.15) is 5.56 Å². The van der Waals surface area contributed by atoms with Gasteiger partial charge in [0.2, 0.25) is 0 Å². The number of hydrogen-bond acceptors (Lipinski definition) is 1. The maximum atomic E-state index is 4.28. The summed E-state index contributed by atoms with van der Waals surface area (Å²) in [6.07, 6.45) is 2.06. The summed E-state index contributed by atoms with van der Waals surface area (Å²) in [4.78, 5) is 4.28. The van der Waals surface area contributed by atoms with Crippen LogP contribution in [0.25, 0.3) is 0 Å². The summed E-state index contributed by atoms with van der Waals surface area (Å²) >= 11 is 0. The van der Waals surface area contributed by atoms with Crippen LogP contribution >= 0.6 is 0 Å². The fourth-order valence-electron chi connectivity index (χ4n) is 1.72. The summed E-state index contributed by atoms with van der Waals surface area (Å²) in [6, 6.07) is 10.6. The molecular formula is C11H15ClN2. The van der Waals surface area contributed by atoms with Crippen LogP contribution in [0.2, 0.25) is 0 Å². The van der Waals surface area contributed by atoms with Crippen molar-refractivity contribution in [3.63, 3.8) is 0 Å². The summed E-state index contributed by atoms with van der Waals surface area (Å²) < 4.78 is 0.948. The van der Waals surface area contributed by atoms with Crippen LogP contribution in [-0.4, -0.2) is 31.0 Å². The topological polar surface area (TPSA) is 12.4 Å². The molecule has 1 aliphatic rings. The molecule has 14 heavy (non-hydrogen) atoms. The minimum absolute atomic E-state index is 0. The first-order valence-electron chi connectivity index (χ1n) is 4.68. The van der Waals surface area contributed by atoms with E-state index in [1.54, 1.807) is 0 Å². The molecule has 1 heterocycles. The first-order valence-corrected chi connectivity index (χ1v) is 4.68. The Kier molecular flexibility index (Phi) is 3.67. The second-order valence-electron chi connectivity index (χ2n) is 3.87. The standard InChI is InChI=1S/C11H15N2.ClH/c1-13(8-7-12-10-13)9-11-5-3-2-4-6-11;/h2-6,10H,7-9H2,1H3;1H/q+1;/p-1. The Bertz CT molecular complexity index is 310. The Morgan fingerprint density at radius 2 is 2.00 bits per heavy atom. The third kappa shape index (κ3) is 2.56. The van der Waals surface area contributed by atoms with Crippen LogP contribution in [0.4, 0.5) is 0 Å². The molecule has 0 aliphatic carbocycles. The first-order chi connectivity index (χ1) is 6.29. The molecule has 1 aromatic rings. The van der Waals surface area contributed by atoms with E-state index in [-0.39, 0.29) is 12.4 Å². The van der Waals surface area contributed by atoms with Crippen molar-refractivity contribution in [1.29, 1.82) is 0 Å². The Hall–Kier alpha value is -0.860. The van der Waals surface area contributed by atoms with Crippen molar-refractivity contribution in [2.24, 2.45) is 4.99 Å². The zero-order valence-corrected chi connectivity index (χ0v) is 9.11. The van der Waals surface area contributed by atoms with E-state index in [0.29, 0.717) is 0 Å². The van der Waals surface area contributed by atoms with Crippen molar-refractivity contribution >= 4 is 6.34 Å². The fourth-order valence-corrected chi connectivity index (χ4v) is 1.72. The zero-order valence-electron chi connectivity index (χ0n) is 8.36. The van der Waals surface area contributed by atoms with Crippen molar-refractivity contribution in [2.45, 2.75) is 6.54 Å². The molecule has 0 spiro atoms. The summed E-state index contributed by atoms with van der Waals surface area (Å²) in [5, 5.41) is 0. The van der Waals surface area contributed by atoms with Gasteiger partial charge >= 0.3 is 0 Å². The van der Waals surface area contributed by atoms with Gasteiger partial charge in [-0.1, -0.05) is 30.3 Å². The number of hydrogen-bond donors (Lipinski definition) is 0. The molecule has 1 aromatic carbocycles. The molecule has 0 amide bonds. The SMILES string of the molecule is C[N+]1(Cc2ccccc2)C=NCC1.[Cl-]. The number of aliphatic imine (C=N–C) groups is 1. The van der Waals surface area contributed by atoms with Gasteiger partial charge in [0.1, 0.15) is 13.1 Å². The van der Waals surface area contributed by atoms with E-state index in [9.17, 15) is 0 Å². The second-order valence-corrected chi connectivity index (χ2v) is 3.87. The molecule has 2 nitrogen and oxygen atoms in total. The number of halogens is 1. The van der Waals surface area contributed by atoms with Gasteiger partial charge in [-0.15, -0.1) is 0 Å². The Morgan fingerprint density at radius 1 is 1.29 bits per heavy atom. The predicted octanol–water partition coefficient (Wildman–Crippen LogP) is -1.32. The molecule has 0 saturated heterocycles. The van der Waals surface area contributed by atoms with Crippen LogP contribution in [0.5, 0.6) is 0 Å². The van der Waals surface area contributed by atoms with E-state index in [2.05, 4.69) is 48.7 Å². The van der Waals surface area contributed by atoms with Crippen LogP contribution in [0.15, 0.2) is 35.3 Å². The van der Waals surface area contributed by atoms with Crippen LogP contribution in [-0.2, 0) is 6.54 Å². The van der Waals surface area contributed by atoms with Crippen LogP contribution in [0.3, 0.4) is 0 Å². The molecule has 0 N–H and O–H groups in total. The van der Waals surface area contributed by atoms with Gasteiger partial charge in [0, 0.05) is 5.56 Å². The first kappa shape index (κ1) is 11.2. The fraction of sp³-hybridized carbons (Fsp3) is 0.364. The molecular weight excluding hydrogens is 196 g/mol. The minimum Gasteiger partial charge on any atom is -1.00 e. The van der Waals surface area contributed by atoms with Crippen molar-refractivity contribution in [2.75, 3.05) is 20.1 Å². The molecule has 1 atom stereocenters. The lowest BCUT2D eigenvalue weighted by Gasteiger charge is -2.24. The van der Waals surface area contributed by atoms with Gasteiger partial charge in [-0.05, 0) is 0 Å². The lowest BCUT2D eigenvalue weighted by Crippen LogP contribution is -3.00. The molecule has 0 fully saturated rings. The van der Waals surface area contributed by atoms with E-state index in [1.165, 1.54) is 5.56 Å². The number of quaternary nitrogens is 1. The highest BCUT2D eigenvalue weighted by molar-refractivity contribution is 5.48. The molecule has 1 unspecified atom stereocenters. The van der Waals surface area contributed by atoms with Crippen molar-refractivity contribution in [3.8, 4) is 0 Å². The van der Waals surface area contributed by atoms with Gasteiger partial charge in [-0.25, -0.2) is 4.99 Å². The Labute approximate surface area is 91.3 Å². The molecule has 2 rings (SSSR count). The van der Waals surface area contributed by atoms with E-state index in [1.807, 2.05) is 0 Å². The summed E-state index contributed by atoms with van der Waals surface area (Å²) in [7, 11) is 2.23. The van der Waals surface area contributed by atoms with Gasteiger partial charge < -0.3 is 12.4 Å². The van der Waals surface area contributed by atoms with E-state index >= 15 is 0 Å². The Morgan fingerprint density at radius 3 is 2.57 bits per heavy atom. The van der Waals surface area contributed by atoms with E-state index in [0.717, 1.165) is 24.1 Å². The van der Waals surface area contributed by atoms with E-state index in [4.69, 9.17) is 0 Å². The highest BCUT2D eigenvalue weighted by Gasteiger charge is 2.23. The molecule has 0 saturated carbocycles. The second kappa shape index (κ2) is 4.58. The molecule has 0 aromatic heterocycles. The number of likely N-dealkylation sites (N-methyl/N-ethyl adjacent to an activating group) is 1. The highest BCUT2D eigenvalue weighted by Crippen LogP contribution is 2.12. The largest absolute Gasteiger partial charge is 1.00 e. The van der Waals surface area contributed by atoms with Gasteiger partial charge in [-0.2, -0.15) is 0 Å². The molecule has 1 aliphatic heterocycles. The average Bonchev–Trinajstić information content (AvgIpc) is 2.54. The van der Waals surface area contributed by atoms with Crippen molar-refractivity contribution in [1.82, 2.24) is 0 Å². The lowest BCUT2D eigenvalue weighted by atomic mass is 10.2. The van der Waals surface area contributed by atoms with Crippen molar-refractivity contribution in [3.05, 3.63) is 35.9 Å². The minimum atomic E-state index is 0. The average molecular weight is 211 g/mol. The maximum absolute atomic E-state index is 4.28. The third-order valence-electron chi connectivity index (χ3n) is 2.49. The van der Waals surface area contributed by atoms with Gasteiger partial charge in [0.25, 0.3) is 0 Å². The van der Waals surface area contributed by atoms with Crippen molar-refractivity contribution < 1.29 is 16.9 Å².